The number of anilines is 4. The van der Waals surface area contributed by atoms with Crippen LogP contribution >= 0.6 is 22.7 Å². The molecular weight excluding hydrogens is 420 g/mol. The summed E-state index contributed by atoms with van der Waals surface area (Å²) in [5.41, 5.74) is 26.2. The molecule has 4 rings (SSSR count). The van der Waals surface area contributed by atoms with Crippen molar-refractivity contribution in [2.24, 2.45) is 20.5 Å². The second kappa shape index (κ2) is 8.23. The summed E-state index contributed by atoms with van der Waals surface area (Å²) >= 11 is 2.75. The lowest BCUT2D eigenvalue weighted by atomic mass is 10.2. The molecule has 0 aliphatic heterocycles. The van der Waals surface area contributed by atoms with Crippen LogP contribution in [0.15, 0.2) is 69.2 Å². The number of benzene rings is 2. The van der Waals surface area contributed by atoms with Gasteiger partial charge in [0.05, 0.1) is 21.1 Å². The van der Waals surface area contributed by atoms with Crippen LogP contribution in [0.3, 0.4) is 0 Å². The molecule has 2 aromatic heterocycles. The first kappa shape index (κ1) is 19.4. The molecule has 0 aliphatic carbocycles. The number of nitrogens with zero attached hydrogens (tertiary/aromatic N) is 6. The average Bonchev–Trinajstić information content (AvgIpc) is 3.36. The highest BCUT2D eigenvalue weighted by molar-refractivity contribution is 7.25. The van der Waals surface area contributed by atoms with Crippen LogP contribution in [-0.4, -0.2) is 9.97 Å². The van der Waals surface area contributed by atoms with E-state index < -0.39 is 0 Å². The highest BCUT2D eigenvalue weighted by Crippen LogP contribution is 2.38. The van der Waals surface area contributed by atoms with Gasteiger partial charge < -0.3 is 22.9 Å². The number of nitrogen functional groups attached to an aromatic ring is 4. The molecule has 0 spiro atoms. The van der Waals surface area contributed by atoms with Gasteiger partial charge in [0, 0.05) is 23.8 Å². The minimum absolute atomic E-state index is 0.453. The fourth-order valence-electron chi connectivity index (χ4n) is 2.37. The van der Waals surface area contributed by atoms with E-state index >= 15 is 0 Å². The van der Waals surface area contributed by atoms with Gasteiger partial charge in [0.25, 0.3) is 0 Å². The molecule has 2 heterocycles. The first-order chi connectivity index (χ1) is 14.5. The van der Waals surface area contributed by atoms with E-state index in [-0.39, 0.29) is 0 Å². The lowest BCUT2D eigenvalue weighted by Crippen LogP contribution is -1.89. The van der Waals surface area contributed by atoms with Crippen molar-refractivity contribution in [2.45, 2.75) is 0 Å². The number of azo groups is 2. The predicted octanol–water partition coefficient (Wildman–Crippen LogP) is 5.43. The van der Waals surface area contributed by atoms with Gasteiger partial charge in [0.1, 0.15) is 11.4 Å². The summed E-state index contributed by atoms with van der Waals surface area (Å²) in [6.07, 6.45) is 3.41. The van der Waals surface area contributed by atoms with Crippen LogP contribution in [0.25, 0.3) is 9.75 Å². The molecule has 0 saturated heterocycles. The maximum Gasteiger partial charge on any atom is 0.230 e. The minimum Gasteiger partial charge on any atom is -0.399 e. The normalized spacial score (nSPS) is 11.6. The minimum atomic E-state index is 0.453. The smallest absolute Gasteiger partial charge is 0.230 e. The van der Waals surface area contributed by atoms with Gasteiger partial charge >= 0.3 is 0 Å². The van der Waals surface area contributed by atoms with Crippen molar-refractivity contribution in [3.8, 4) is 9.75 Å². The largest absolute Gasteiger partial charge is 0.399 e. The van der Waals surface area contributed by atoms with Gasteiger partial charge in [-0.1, -0.05) is 22.7 Å². The van der Waals surface area contributed by atoms with Crippen LogP contribution in [0, 0.1) is 0 Å². The fourth-order valence-corrected chi connectivity index (χ4v) is 3.91. The van der Waals surface area contributed by atoms with Crippen LogP contribution in [-0.2, 0) is 0 Å². The summed E-state index contributed by atoms with van der Waals surface area (Å²) in [5.74, 6) is 0. The van der Waals surface area contributed by atoms with Crippen molar-refractivity contribution in [1.29, 1.82) is 0 Å². The summed E-state index contributed by atoms with van der Waals surface area (Å²) in [5, 5.41) is 17.5. The zero-order valence-electron chi connectivity index (χ0n) is 15.4. The molecule has 0 bridgehead atoms. The molecule has 4 aromatic rings. The molecule has 8 N–H and O–H groups in total. The van der Waals surface area contributed by atoms with Gasteiger partial charge in [0.15, 0.2) is 0 Å². The zero-order chi connectivity index (χ0) is 21.1. The molecule has 0 saturated carbocycles. The molecule has 0 aliphatic rings. The van der Waals surface area contributed by atoms with Gasteiger partial charge in [-0.05, 0) is 36.4 Å². The van der Waals surface area contributed by atoms with E-state index in [1.807, 2.05) is 0 Å². The monoisotopic (exact) mass is 436 g/mol. The van der Waals surface area contributed by atoms with E-state index in [1.54, 1.807) is 48.8 Å². The molecule has 0 unspecified atom stereocenters. The van der Waals surface area contributed by atoms with Crippen LogP contribution in [0.2, 0.25) is 0 Å². The number of aromatic nitrogens is 2. The van der Waals surface area contributed by atoms with E-state index in [9.17, 15) is 0 Å². The Bertz CT molecular complexity index is 1160. The molecule has 0 amide bonds. The topological polar surface area (TPSA) is 179 Å². The number of hydrogen-bond acceptors (Lipinski definition) is 12. The Balaban J connectivity index is 1.48. The highest BCUT2D eigenvalue weighted by atomic mass is 32.1. The summed E-state index contributed by atoms with van der Waals surface area (Å²) in [6, 6.07) is 10.1. The van der Waals surface area contributed by atoms with Gasteiger partial charge in [-0.3, -0.25) is 0 Å². The molecule has 12 heteroatoms. The molecule has 0 fully saturated rings. The number of rotatable bonds is 5. The van der Waals surface area contributed by atoms with E-state index in [0.29, 0.717) is 44.4 Å². The van der Waals surface area contributed by atoms with Crippen LogP contribution < -0.4 is 22.9 Å². The molecular formula is C18H16N10S2. The number of hydrogen-bond donors (Lipinski definition) is 4. The average molecular weight is 437 g/mol. The maximum absolute atomic E-state index is 5.88. The standard InChI is InChI=1S/C18H16N10S2/c19-9-1-3-13(11(21)5-9)25-27-17-23-7-15(29-17)16-8-24-18(30-16)28-26-14-4-2-10(20)6-12(14)22/h1-8H,19-22H2/b27-25+,28-26+. The lowest BCUT2D eigenvalue weighted by Gasteiger charge is -1.99. The third-order valence-electron chi connectivity index (χ3n) is 3.82. The molecule has 30 heavy (non-hydrogen) atoms. The van der Waals surface area contributed by atoms with Crippen molar-refractivity contribution in [3.63, 3.8) is 0 Å². The van der Waals surface area contributed by atoms with E-state index in [1.165, 1.54) is 22.7 Å². The highest BCUT2D eigenvalue weighted by Gasteiger charge is 2.09. The predicted molar refractivity (Wildman–Crippen MR) is 122 cm³/mol. The lowest BCUT2D eigenvalue weighted by molar-refractivity contribution is 1.20. The third kappa shape index (κ3) is 4.39. The third-order valence-corrected chi connectivity index (χ3v) is 5.78. The van der Waals surface area contributed by atoms with Crippen LogP contribution in [0.1, 0.15) is 0 Å². The first-order valence-corrected chi connectivity index (χ1v) is 10.2. The van der Waals surface area contributed by atoms with E-state index in [0.717, 1.165) is 9.75 Å². The molecule has 0 atom stereocenters. The summed E-state index contributed by atoms with van der Waals surface area (Å²) < 4.78 is 0. The van der Waals surface area contributed by atoms with Gasteiger partial charge in [0.2, 0.25) is 10.3 Å². The van der Waals surface area contributed by atoms with Crippen LogP contribution in [0.5, 0.6) is 0 Å². The fraction of sp³-hybridized carbons (Fsp3) is 0. The van der Waals surface area contributed by atoms with Crippen molar-refractivity contribution in [2.75, 3.05) is 22.9 Å². The quantitative estimate of drug-likeness (QED) is 0.239. The SMILES string of the molecule is Nc1ccc(/N=N/c2ncc(-c3cnc(/N=N/c4ccc(N)cc4N)s3)s2)c(N)c1. The first-order valence-electron chi connectivity index (χ1n) is 8.53. The Morgan fingerprint density at radius 1 is 0.600 bits per heavy atom. The maximum atomic E-state index is 5.88. The number of thiazole rings is 2. The van der Waals surface area contributed by atoms with E-state index in [4.69, 9.17) is 22.9 Å². The second-order valence-electron chi connectivity index (χ2n) is 6.05. The van der Waals surface area contributed by atoms with Gasteiger partial charge in [-0.15, -0.1) is 20.5 Å². The Hall–Kier alpha value is -3.90. The van der Waals surface area contributed by atoms with Crippen molar-refractivity contribution < 1.29 is 0 Å². The van der Waals surface area contributed by atoms with Crippen molar-refractivity contribution >= 4 is 67.1 Å². The molecule has 10 nitrogen and oxygen atoms in total. The number of nitrogens with two attached hydrogens (primary N) is 4. The Morgan fingerprint density at radius 2 is 1.03 bits per heavy atom. The van der Waals surface area contributed by atoms with Crippen molar-refractivity contribution in [1.82, 2.24) is 9.97 Å². The van der Waals surface area contributed by atoms with Gasteiger partial charge in [-0.25, -0.2) is 9.97 Å². The summed E-state index contributed by atoms with van der Waals surface area (Å²) in [4.78, 5) is 10.3. The molecule has 0 radical (unpaired) electrons. The Kier molecular flexibility index (Phi) is 5.32. The summed E-state index contributed by atoms with van der Waals surface area (Å²) in [6.45, 7) is 0. The van der Waals surface area contributed by atoms with Crippen LogP contribution in [0.4, 0.5) is 44.4 Å². The van der Waals surface area contributed by atoms with Crippen molar-refractivity contribution in [3.05, 3.63) is 48.8 Å². The summed E-state index contributed by atoms with van der Waals surface area (Å²) in [7, 11) is 0. The van der Waals surface area contributed by atoms with Gasteiger partial charge in [-0.2, -0.15) is 0 Å². The Labute approximate surface area is 179 Å². The molecule has 150 valence electrons. The van der Waals surface area contributed by atoms with E-state index in [2.05, 4.69) is 30.4 Å². The Morgan fingerprint density at radius 3 is 1.43 bits per heavy atom. The second-order valence-corrected chi connectivity index (χ2v) is 8.07. The molecule has 2 aromatic carbocycles. The zero-order valence-corrected chi connectivity index (χ0v) is 17.1.